The van der Waals surface area contributed by atoms with Crippen LogP contribution < -0.4 is 4.90 Å². The summed E-state index contributed by atoms with van der Waals surface area (Å²) in [5.41, 5.74) is 3.79. The van der Waals surface area contributed by atoms with Crippen LogP contribution in [0.15, 0.2) is 54.6 Å². The summed E-state index contributed by atoms with van der Waals surface area (Å²) in [6, 6.07) is 21.2. The highest BCUT2D eigenvalue weighted by Gasteiger charge is 2.06. The first-order valence-electron chi connectivity index (χ1n) is 7.02. The van der Waals surface area contributed by atoms with Crippen LogP contribution >= 0.6 is 0 Å². The fourth-order valence-electron chi connectivity index (χ4n) is 2.29. The van der Waals surface area contributed by atoms with Gasteiger partial charge in [0.1, 0.15) is 0 Å². The minimum absolute atomic E-state index is 0.558. The van der Waals surface area contributed by atoms with Crippen molar-refractivity contribution in [1.29, 1.82) is 5.26 Å². The summed E-state index contributed by atoms with van der Waals surface area (Å²) in [5, 5.41) is 8.83. The Bertz CT molecular complexity index is 569. The molecule has 2 nitrogen and oxygen atoms in total. The lowest BCUT2D eigenvalue weighted by Crippen LogP contribution is -2.26. The lowest BCUT2D eigenvalue weighted by Gasteiger charge is -2.24. The monoisotopic (exact) mass is 264 g/mol. The van der Waals surface area contributed by atoms with Crippen molar-refractivity contribution < 1.29 is 0 Å². The maximum atomic E-state index is 8.83. The second-order valence-corrected chi connectivity index (χ2v) is 4.97. The zero-order valence-corrected chi connectivity index (χ0v) is 11.9. The van der Waals surface area contributed by atoms with Crippen molar-refractivity contribution in [3.05, 3.63) is 65.7 Å². The second-order valence-electron chi connectivity index (χ2n) is 4.97. The van der Waals surface area contributed by atoms with Crippen LogP contribution in [0, 0.1) is 18.3 Å². The molecule has 0 spiro atoms. The van der Waals surface area contributed by atoms with Crippen molar-refractivity contribution in [2.75, 3.05) is 18.0 Å². The van der Waals surface area contributed by atoms with Crippen LogP contribution in [0.25, 0.3) is 0 Å². The summed E-state index contributed by atoms with van der Waals surface area (Å²) in [5.74, 6) is 0. The molecule has 0 saturated carbocycles. The Kier molecular flexibility index (Phi) is 5.20. The molecule has 2 aromatic rings. The molecular formula is C18H20N2. The second kappa shape index (κ2) is 7.35. The van der Waals surface area contributed by atoms with Crippen molar-refractivity contribution in [2.24, 2.45) is 0 Å². The largest absolute Gasteiger partial charge is 0.370 e. The van der Waals surface area contributed by atoms with Gasteiger partial charge in [0.05, 0.1) is 12.5 Å². The predicted octanol–water partition coefficient (Wildman–Crippen LogP) is 3.96. The molecule has 2 heteroatoms. The van der Waals surface area contributed by atoms with E-state index in [-0.39, 0.29) is 0 Å². The lowest BCUT2D eigenvalue weighted by atomic mass is 10.1. The van der Waals surface area contributed by atoms with Crippen molar-refractivity contribution in [3.63, 3.8) is 0 Å². The molecule has 20 heavy (non-hydrogen) atoms. The molecule has 0 aliphatic rings. The Morgan fingerprint density at radius 2 is 1.80 bits per heavy atom. The van der Waals surface area contributed by atoms with Gasteiger partial charge in [-0.25, -0.2) is 0 Å². The molecule has 0 atom stereocenters. The number of nitrogens with zero attached hydrogens (tertiary/aromatic N) is 2. The summed E-state index contributed by atoms with van der Waals surface area (Å²) in [4.78, 5) is 2.29. The predicted molar refractivity (Wildman–Crippen MR) is 83.8 cm³/mol. The van der Waals surface area contributed by atoms with Crippen molar-refractivity contribution >= 4 is 5.69 Å². The van der Waals surface area contributed by atoms with Gasteiger partial charge >= 0.3 is 0 Å². The molecule has 0 aromatic heterocycles. The van der Waals surface area contributed by atoms with Crippen LogP contribution in [-0.2, 0) is 6.42 Å². The van der Waals surface area contributed by atoms with Crippen molar-refractivity contribution in [1.82, 2.24) is 0 Å². The molecule has 0 amide bonds. The average molecular weight is 264 g/mol. The first kappa shape index (κ1) is 14.1. The van der Waals surface area contributed by atoms with Crippen LogP contribution in [0.2, 0.25) is 0 Å². The third-order valence-electron chi connectivity index (χ3n) is 3.37. The Morgan fingerprint density at radius 3 is 2.50 bits per heavy atom. The van der Waals surface area contributed by atoms with Gasteiger partial charge in [-0.3, -0.25) is 0 Å². The Hall–Kier alpha value is -2.27. The van der Waals surface area contributed by atoms with E-state index in [1.54, 1.807) is 0 Å². The van der Waals surface area contributed by atoms with Gasteiger partial charge in [-0.1, -0.05) is 42.5 Å². The molecule has 0 radical (unpaired) electrons. The van der Waals surface area contributed by atoms with Crippen molar-refractivity contribution in [2.45, 2.75) is 19.8 Å². The summed E-state index contributed by atoms with van der Waals surface area (Å²) in [7, 11) is 0. The summed E-state index contributed by atoms with van der Waals surface area (Å²) >= 11 is 0. The third kappa shape index (κ3) is 4.13. The highest BCUT2D eigenvalue weighted by atomic mass is 15.1. The van der Waals surface area contributed by atoms with Crippen molar-refractivity contribution in [3.8, 4) is 6.07 Å². The van der Waals surface area contributed by atoms with Gasteiger partial charge in [-0.2, -0.15) is 5.26 Å². The van der Waals surface area contributed by atoms with E-state index in [4.69, 9.17) is 5.26 Å². The number of hydrogen-bond donors (Lipinski definition) is 0. The number of hydrogen-bond acceptors (Lipinski definition) is 2. The molecule has 0 unspecified atom stereocenters. The number of aryl methyl sites for hydroxylation is 1. The van der Waals surface area contributed by atoms with E-state index in [1.807, 2.05) is 6.07 Å². The Balaban J connectivity index is 2.06. The first-order chi connectivity index (χ1) is 9.79. The van der Waals surface area contributed by atoms with Gasteiger partial charge in [0.2, 0.25) is 0 Å². The molecular weight excluding hydrogens is 244 g/mol. The fraction of sp³-hybridized carbons (Fsp3) is 0.278. The van der Waals surface area contributed by atoms with Crippen LogP contribution in [0.5, 0.6) is 0 Å². The Labute approximate surface area is 121 Å². The molecule has 0 bridgehead atoms. The summed E-state index contributed by atoms with van der Waals surface area (Å²) in [6.45, 7) is 3.82. The van der Waals surface area contributed by atoms with E-state index >= 15 is 0 Å². The maximum absolute atomic E-state index is 8.83. The SMILES string of the molecule is Cc1cccc(N(CCC#N)CCc2ccccc2)c1. The van der Waals surface area contributed by atoms with E-state index in [9.17, 15) is 0 Å². The average Bonchev–Trinajstić information content (AvgIpc) is 2.48. The zero-order chi connectivity index (χ0) is 14.2. The fourth-order valence-corrected chi connectivity index (χ4v) is 2.29. The molecule has 0 aliphatic heterocycles. The van der Waals surface area contributed by atoms with Crippen LogP contribution in [-0.4, -0.2) is 13.1 Å². The van der Waals surface area contributed by atoms with E-state index in [1.165, 1.54) is 16.8 Å². The van der Waals surface area contributed by atoms with E-state index < -0.39 is 0 Å². The molecule has 0 saturated heterocycles. The zero-order valence-electron chi connectivity index (χ0n) is 11.9. The van der Waals surface area contributed by atoms with Gasteiger partial charge in [0.25, 0.3) is 0 Å². The Morgan fingerprint density at radius 1 is 1.00 bits per heavy atom. The van der Waals surface area contributed by atoms with Gasteiger partial charge < -0.3 is 4.90 Å². The minimum Gasteiger partial charge on any atom is -0.370 e. The smallest absolute Gasteiger partial charge is 0.0640 e. The molecule has 0 fully saturated rings. The lowest BCUT2D eigenvalue weighted by molar-refractivity contribution is 0.781. The molecule has 0 N–H and O–H groups in total. The minimum atomic E-state index is 0.558. The first-order valence-corrected chi connectivity index (χ1v) is 7.02. The normalized spacial score (nSPS) is 10.0. The highest BCUT2D eigenvalue weighted by molar-refractivity contribution is 5.48. The van der Waals surface area contributed by atoms with E-state index in [0.717, 1.165) is 19.5 Å². The quantitative estimate of drug-likeness (QED) is 0.789. The molecule has 2 aromatic carbocycles. The summed E-state index contributed by atoms with van der Waals surface area (Å²) in [6.07, 6.45) is 1.56. The van der Waals surface area contributed by atoms with Crippen LogP contribution in [0.3, 0.4) is 0 Å². The van der Waals surface area contributed by atoms with Crippen LogP contribution in [0.1, 0.15) is 17.5 Å². The molecule has 0 aliphatic carbocycles. The standard InChI is InChI=1S/C18H20N2/c1-16-7-5-10-18(15-16)20(13-6-12-19)14-11-17-8-3-2-4-9-17/h2-5,7-10,15H,6,11,13-14H2,1H3. The molecule has 2 rings (SSSR count). The number of benzene rings is 2. The van der Waals surface area contributed by atoms with E-state index in [0.29, 0.717) is 6.42 Å². The topological polar surface area (TPSA) is 27.0 Å². The number of anilines is 1. The van der Waals surface area contributed by atoms with Gasteiger partial charge in [-0.05, 0) is 36.6 Å². The van der Waals surface area contributed by atoms with Gasteiger partial charge in [-0.15, -0.1) is 0 Å². The van der Waals surface area contributed by atoms with E-state index in [2.05, 4.69) is 66.4 Å². The van der Waals surface area contributed by atoms with Crippen LogP contribution in [0.4, 0.5) is 5.69 Å². The maximum Gasteiger partial charge on any atom is 0.0640 e. The molecule has 102 valence electrons. The number of rotatable bonds is 6. The number of nitriles is 1. The van der Waals surface area contributed by atoms with Gasteiger partial charge in [0, 0.05) is 18.8 Å². The highest BCUT2D eigenvalue weighted by Crippen LogP contribution is 2.17. The third-order valence-corrected chi connectivity index (χ3v) is 3.37. The summed E-state index contributed by atoms with van der Waals surface area (Å²) < 4.78 is 0. The molecule has 0 heterocycles. The van der Waals surface area contributed by atoms with Gasteiger partial charge in [0.15, 0.2) is 0 Å².